The van der Waals surface area contributed by atoms with Crippen LogP contribution >= 0.6 is 0 Å². The molecule has 0 aliphatic heterocycles. The van der Waals surface area contributed by atoms with E-state index in [9.17, 15) is 0 Å². The van der Waals surface area contributed by atoms with Crippen LogP contribution in [-0.2, 0) is 7.05 Å². The second-order valence-electron chi connectivity index (χ2n) is 2.72. The average Bonchev–Trinajstić information content (AvgIpc) is 2.40. The van der Waals surface area contributed by atoms with Crippen LogP contribution in [0.4, 0.5) is 0 Å². The minimum absolute atomic E-state index is 0.461. The topological polar surface area (TPSA) is 43.8 Å². The molecule has 0 spiro atoms. The highest BCUT2D eigenvalue weighted by molar-refractivity contribution is 5.07. The Kier molecular flexibility index (Phi) is 2.65. The fourth-order valence-electron chi connectivity index (χ4n) is 1.28. The van der Waals surface area contributed by atoms with Crippen LogP contribution in [0.1, 0.15) is 25.0 Å². The van der Waals surface area contributed by atoms with E-state index in [4.69, 9.17) is 5.73 Å². The van der Waals surface area contributed by atoms with Gasteiger partial charge in [0.25, 0.3) is 0 Å². The molecular weight excluding hydrogens is 138 g/mol. The highest BCUT2D eigenvalue weighted by atomic mass is 15.3. The zero-order valence-electron chi connectivity index (χ0n) is 7.12. The van der Waals surface area contributed by atoms with Crippen molar-refractivity contribution >= 4 is 0 Å². The maximum absolute atomic E-state index is 5.60. The summed E-state index contributed by atoms with van der Waals surface area (Å²) < 4.78 is 1.89. The first kappa shape index (κ1) is 8.27. The Labute approximate surface area is 67.2 Å². The second-order valence-corrected chi connectivity index (χ2v) is 2.72. The molecule has 0 saturated carbocycles. The third-order valence-electron chi connectivity index (χ3n) is 2.05. The van der Waals surface area contributed by atoms with Crippen LogP contribution in [0.3, 0.4) is 0 Å². The summed E-state index contributed by atoms with van der Waals surface area (Å²) in [6, 6.07) is 2.03. The zero-order chi connectivity index (χ0) is 8.27. The van der Waals surface area contributed by atoms with Crippen LogP contribution in [0.15, 0.2) is 12.3 Å². The van der Waals surface area contributed by atoms with E-state index in [0.29, 0.717) is 12.5 Å². The van der Waals surface area contributed by atoms with E-state index in [-0.39, 0.29) is 0 Å². The number of nitrogens with two attached hydrogens (primary N) is 1. The molecule has 3 nitrogen and oxygen atoms in total. The molecular formula is C8H15N3. The molecule has 0 aliphatic carbocycles. The van der Waals surface area contributed by atoms with Crippen LogP contribution < -0.4 is 5.73 Å². The van der Waals surface area contributed by atoms with Gasteiger partial charge in [-0.25, -0.2) is 0 Å². The van der Waals surface area contributed by atoms with Gasteiger partial charge in [-0.05, 0) is 12.5 Å². The van der Waals surface area contributed by atoms with E-state index >= 15 is 0 Å². The standard InChI is InChI=1S/C8H15N3/c1-3-7(6-9)8-4-5-10-11(8)2/h4-5,7H,3,6,9H2,1-2H3. The van der Waals surface area contributed by atoms with Gasteiger partial charge in [-0.3, -0.25) is 4.68 Å². The summed E-state index contributed by atoms with van der Waals surface area (Å²) in [6.45, 7) is 2.85. The van der Waals surface area contributed by atoms with Gasteiger partial charge in [-0.1, -0.05) is 6.92 Å². The minimum atomic E-state index is 0.461. The van der Waals surface area contributed by atoms with Crippen molar-refractivity contribution in [1.29, 1.82) is 0 Å². The SMILES string of the molecule is CCC(CN)c1ccnn1C. The molecule has 1 aromatic heterocycles. The average molecular weight is 153 g/mol. The summed E-state index contributed by atoms with van der Waals surface area (Å²) in [4.78, 5) is 0. The molecule has 0 saturated heterocycles. The molecule has 1 atom stereocenters. The van der Waals surface area contributed by atoms with Crippen LogP contribution in [0, 0.1) is 0 Å². The molecule has 0 radical (unpaired) electrons. The molecule has 0 amide bonds. The lowest BCUT2D eigenvalue weighted by Gasteiger charge is -2.11. The summed E-state index contributed by atoms with van der Waals surface area (Å²) in [7, 11) is 1.95. The van der Waals surface area contributed by atoms with Gasteiger partial charge in [0.05, 0.1) is 0 Å². The van der Waals surface area contributed by atoms with E-state index in [0.717, 1.165) is 6.42 Å². The van der Waals surface area contributed by atoms with Crippen molar-refractivity contribution in [1.82, 2.24) is 9.78 Å². The fourth-order valence-corrected chi connectivity index (χ4v) is 1.28. The van der Waals surface area contributed by atoms with Crippen molar-refractivity contribution in [3.63, 3.8) is 0 Å². The Morgan fingerprint density at radius 2 is 2.45 bits per heavy atom. The third-order valence-corrected chi connectivity index (χ3v) is 2.05. The normalized spacial score (nSPS) is 13.4. The van der Waals surface area contributed by atoms with Gasteiger partial charge in [0.15, 0.2) is 0 Å². The third kappa shape index (κ3) is 1.60. The Hall–Kier alpha value is -0.830. The maximum atomic E-state index is 5.60. The lowest BCUT2D eigenvalue weighted by atomic mass is 10.0. The van der Waals surface area contributed by atoms with E-state index in [1.807, 2.05) is 24.0 Å². The van der Waals surface area contributed by atoms with Crippen molar-refractivity contribution in [2.45, 2.75) is 19.3 Å². The van der Waals surface area contributed by atoms with Crippen LogP contribution in [0.25, 0.3) is 0 Å². The monoisotopic (exact) mass is 153 g/mol. The van der Waals surface area contributed by atoms with E-state index in [1.165, 1.54) is 5.69 Å². The van der Waals surface area contributed by atoms with Crippen molar-refractivity contribution in [2.75, 3.05) is 6.54 Å². The molecule has 62 valence electrons. The molecule has 1 heterocycles. The number of rotatable bonds is 3. The van der Waals surface area contributed by atoms with Gasteiger partial charge in [-0.15, -0.1) is 0 Å². The zero-order valence-corrected chi connectivity index (χ0v) is 7.12. The lowest BCUT2D eigenvalue weighted by molar-refractivity contribution is 0.594. The van der Waals surface area contributed by atoms with E-state index in [2.05, 4.69) is 12.0 Å². The Morgan fingerprint density at radius 3 is 2.82 bits per heavy atom. The van der Waals surface area contributed by atoms with E-state index in [1.54, 1.807) is 0 Å². The van der Waals surface area contributed by atoms with Gasteiger partial charge >= 0.3 is 0 Å². The molecule has 3 heteroatoms. The molecule has 1 unspecified atom stereocenters. The first-order valence-electron chi connectivity index (χ1n) is 3.97. The van der Waals surface area contributed by atoms with Crippen LogP contribution in [0.5, 0.6) is 0 Å². The molecule has 0 fully saturated rings. The molecule has 1 aromatic rings. The van der Waals surface area contributed by atoms with Gasteiger partial charge < -0.3 is 5.73 Å². The molecule has 0 bridgehead atoms. The first-order chi connectivity index (χ1) is 5.29. The highest BCUT2D eigenvalue weighted by Crippen LogP contribution is 2.15. The molecule has 2 N–H and O–H groups in total. The molecule has 0 aliphatic rings. The minimum Gasteiger partial charge on any atom is -0.330 e. The van der Waals surface area contributed by atoms with Crippen molar-refractivity contribution in [2.24, 2.45) is 12.8 Å². The van der Waals surface area contributed by atoms with Crippen LogP contribution in [-0.4, -0.2) is 16.3 Å². The summed E-state index contributed by atoms with van der Waals surface area (Å²) in [5, 5.41) is 4.09. The number of aromatic nitrogens is 2. The van der Waals surface area contributed by atoms with E-state index < -0.39 is 0 Å². The summed E-state index contributed by atoms with van der Waals surface area (Å²) in [5.41, 5.74) is 6.83. The van der Waals surface area contributed by atoms with Crippen molar-refractivity contribution in [3.8, 4) is 0 Å². The molecule has 11 heavy (non-hydrogen) atoms. The van der Waals surface area contributed by atoms with Gasteiger partial charge in [-0.2, -0.15) is 5.10 Å². The smallest absolute Gasteiger partial charge is 0.0492 e. The quantitative estimate of drug-likeness (QED) is 0.700. The predicted molar refractivity (Wildman–Crippen MR) is 45.3 cm³/mol. The summed E-state index contributed by atoms with van der Waals surface area (Å²) in [5.74, 6) is 0.461. The number of hydrogen-bond acceptors (Lipinski definition) is 2. The lowest BCUT2D eigenvalue weighted by Crippen LogP contribution is -2.14. The number of nitrogens with zero attached hydrogens (tertiary/aromatic N) is 2. The molecule has 0 aromatic carbocycles. The van der Waals surface area contributed by atoms with Crippen molar-refractivity contribution in [3.05, 3.63) is 18.0 Å². The fraction of sp³-hybridized carbons (Fsp3) is 0.625. The first-order valence-corrected chi connectivity index (χ1v) is 3.97. The second kappa shape index (κ2) is 3.53. The highest BCUT2D eigenvalue weighted by Gasteiger charge is 2.09. The van der Waals surface area contributed by atoms with Crippen molar-refractivity contribution < 1.29 is 0 Å². The van der Waals surface area contributed by atoms with Crippen LogP contribution in [0.2, 0.25) is 0 Å². The largest absolute Gasteiger partial charge is 0.330 e. The Balaban J connectivity index is 2.81. The summed E-state index contributed by atoms with van der Waals surface area (Å²) in [6.07, 6.45) is 2.89. The predicted octanol–water partition coefficient (Wildman–Crippen LogP) is 0.872. The van der Waals surface area contributed by atoms with Gasteiger partial charge in [0.1, 0.15) is 0 Å². The maximum Gasteiger partial charge on any atom is 0.0492 e. The number of hydrogen-bond donors (Lipinski definition) is 1. The summed E-state index contributed by atoms with van der Waals surface area (Å²) >= 11 is 0. The van der Waals surface area contributed by atoms with Gasteiger partial charge in [0, 0.05) is 31.4 Å². The molecule has 1 rings (SSSR count). The van der Waals surface area contributed by atoms with Gasteiger partial charge in [0.2, 0.25) is 0 Å². The number of aryl methyl sites for hydroxylation is 1. The Bertz CT molecular complexity index is 213. The Morgan fingerprint density at radius 1 is 1.73 bits per heavy atom.